The van der Waals surface area contributed by atoms with Crippen LogP contribution in [0.15, 0.2) is 52.7 Å². The van der Waals surface area contributed by atoms with Crippen LogP contribution in [-0.4, -0.2) is 18.0 Å². The van der Waals surface area contributed by atoms with Gasteiger partial charge >= 0.3 is 0 Å². The van der Waals surface area contributed by atoms with Gasteiger partial charge in [0.15, 0.2) is 0 Å². The van der Waals surface area contributed by atoms with Gasteiger partial charge in [-0.25, -0.2) is 0 Å². The Morgan fingerprint density at radius 1 is 1.31 bits per heavy atom. The first-order chi connectivity index (χ1) is 7.83. The topological polar surface area (TPSA) is 70.6 Å². The summed E-state index contributed by atoms with van der Waals surface area (Å²) in [6.45, 7) is 0.472. The summed E-state index contributed by atoms with van der Waals surface area (Å²) in [5, 5.41) is 9.21. The summed E-state index contributed by atoms with van der Waals surface area (Å²) in [6, 6.07) is 9.52. The zero-order chi connectivity index (χ0) is 11.4. The van der Waals surface area contributed by atoms with Crippen molar-refractivity contribution >= 4 is 11.9 Å². The maximum absolute atomic E-state index is 9.21. The zero-order valence-electron chi connectivity index (χ0n) is 8.72. The van der Waals surface area contributed by atoms with Crippen LogP contribution in [0.2, 0.25) is 0 Å². The fraction of sp³-hybridized carbons (Fsp3) is 0.0833. The van der Waals surface area contributed by atoms with Gasteiger partial charge in [0.2, 0.25) is 0 Å². The van der Waals surface area contributed by atoms with E-state index in [1.807, 2.05) is 30.3 Å². The summed E-state index contributed by atoms with van der Waals surface area (Å²) >= 11 is 0. The molecule has 16 heavy (non-hydrogen) atoms. The van der Waals surface area contributed by atoms with Crippen LogP contribution in [0.1, 0.15) is 5.56 Å². The molecule has 0 aliphatic carbocycles. The molecule has 0 spiro atoms. The summed E-state index contributed by atoms with van der Waals surface area (Å²) in [5.74, 6) is 0. The molecule has 1 aliphatic rings. The van der Waals surface area contributed by atoms with E-state index in [2.05, 4.69) is 10.5 Å². The Kier molecular flexibility index (Phi) is 3.03. The molecule has 82 valence electrons. The SMILES string of the molecule is NC1=CC=NCC1=C(NO)c1ccccc1. The van der Waals surface area contributed by atoms with Gasteiger partial charge < -0.3 is 5.73 Å². The third-order valence-corrected chi connectivity index (χ3v) is 2.43. The van der Waals surface area contributed by atoms with E-state index < -0.39 is 0 Å². The molecule has 2 rings (SSSR count). The van der Waals surface area contributed by atoms with Crippen molar-refractivity contribution in [2.24, 2.45) is 10.7 Å². The van der Waals surface area contributed by atoms with Crippen molar-refractivity contribution in [3.05, 3.63) is 53.2 Å². The molecule has 4 heteroatoms. The average molecular weight is 215 g/mol. The number of hydroxylamine groups is 1. The lowest BCUT2D eigenvalue weighted by molar-refractivity contribution is 0.224. The van der Waals surface area contributed by atoms with Crippen LogP contribution in [0.4, 0.5) is 0 Å². The zero-order valence-corrected chi connectivity index (χ0v) is 8.72. The van der Waals surface area contributed by atoms with Gasteiger partial charge in [0.1, 0.15) is 0 Å². The number of allylic oxidation sites excluding steroid dienone is 1. The van der Waals surface area contributed by atoms with Crippen LogP contribution in [0.3, 0.4) is 0 Å². The van der Waals surface area contributed by atoms with Crippen LogP contribution in [0.25, 0.3) is 5.70 Å². The number of hydrogen-bond acceptors (Lipinski definition) is 4. The van der Waals surface area contributed by atoms with E-state index in [9.17, 15) is 5.21 Å². The molecular formula is C12H13N3O. The number of dihydropyridines is 1. The summed E-state index contributed by atoms with van der Waals surface area (Å²) in [4.78, 5) is 4.11. The first-order valence-corrected chi connectivity index (χ1v) is 4.97. The normalized spacial score (nSPS) is 17.9. The highest BCUT2D eigenvalue weighted by molar-refractivity contribution is 5.80. The summed E-state index contributed by atoms with van der Waals surface area (Å²) in [7, 11) is 0. The van der Waals surface area contributed by atoms with Crippen LogP contribution in [0, 0.1) is 0 Å². The Bertz CT molecular complexity index is 460. The first-order valence-electron chi connectivity index (χ1n) is 4.97. The largest absolute Gasteiger partial charge is 0.398 e. The summed E-state index contributed by atoms with van der Waals surface area (Å²) in [6.07, 6.45) is 3.39. The van der Waals surface area contributed by atoms with Crippen LogP contribution >= 0.6 is 0 Å². The van der Waals surface area contributed by atoms with E-state index >= 15 is 0 Å². The van der Waals surface area contributed by atoms with Crippen molar-refractivity contribution in [2.75, 3.05) is 6.54 Å². The first kappa shape index (κ1) is 10.4. The number of hydrogen-bond donors (Lipinski definition) is 3. The lowest BCUT2D eigenvalue weighted by Gasteiger charge is -2.15. The molecule has 0 atom stereocenters. The minimum atomic E-state index is 0.472. The molecule has 1 aromatic rings. The number of nitrogens with two attached hydrogens (primary N) is 1. The van der Waals surface area contributed by atoms with E-state index in [1.54, 1.807) is 12.3 Å². The number of nitrogens with one attached hydrogen (secondary N) is 1. The molecule has 0 fully saturated rings. The average Bonchev–Trinajstić information content (AvgIpc) is 2.34. The van der Waals surface area contributed by atoms with Gasteiger partial charge in [-0.1, -0.05) is 30.3 Å². The molecule has 0 bridgehead atoms. The van der Waals surface area contributed by atoms with Gasteiger partial charge in [-0.15, -0.1) is 0 Å². The predicted octanol–water partition coefficient (Wildman–Crippen LogP) is 1.30. The van der Waals surface area contributed by atoms with Crippen LogP contribution in [-0.2, 0) is 0 Å². The molecule has 0 radical (unpaired) electrons. The van der Waals surface area contributed by atoms with Gasteiger partial charge in [-0.3, -0.25) is 15.7 Å². The van der Waals surface area contributed by atoms with Crippen molar-refractivity contribution in [1.82, 2.24) is 5.48 Å². The highest BCUT2D eigenvalue weighted by Gasteiger charge is 2.12. The number of nitrogens with zero attached hydrogens (tertiary/aromatic N) is 1. The van der Waals surface area contributed by atoms with Gasteiger partial charge in [-0.05, 0) is 6.08 Å². The Morgan fingerprint density at radius 2 is 2.06 bits per heavy atom. The van der Waals surface area contributed by atoms with E-state index in [1.165, 1.54) is 0 Å². The minimum Gasteiger partial charge on any atom is -0.398 e. The summed E-state index contributed by atoms with van der Waals surface area (Å²) in [5.41, 5.74) is 11.0. The fourth-order valence-electron chi connectivity index (χ4n) is 1.60. The minimum absolute atomic E-state index is 0.472. The third-order valence-electron chi connectivity index (χ3n) is 2.43. The second-order valence-corrected chi connectivity index (χ2v) is 3.44. The van der Waals surface area contributed by atoms with E-state index in [0.717, 1.165) is 11.1 Å². The Hall–Kier alpha value is -2.07. The van der Waals surface area contributed by atoms with Crippen molar-refractivity contribution in [1.29, 1.82) is 0 Å². The van der Waals surface area contributed by atoms with Gasteiger partial charge in [-0.2, -0.15) is 0 Å². The van der Waals surface area contributed by atoms with Crippen molar-refractivity contribution in [2.45, 2.75) is 0 Å². The smallest absolute Gasteiger partial charge is 0.0745 e. The molecule has 0 unspecified atom stereocenters. The second kappa shape index (κ2) is 4.63. The molecular weight excluding hydrogens is 202 g/mol. The van der Waals surface area contributed by atoms with Gasteiger partial charge in [0.05, 0.1) is 12.2 Å². The van der Waals surface area contributed by atoms with Crippen LogP contribution < -0.4 is 11.2 Å². The highest BCUT2D eigenvalue weighted by Crippen LogP contribution is 2.20. The fourth-order valence-corrected chi connectivity index (χ4v) is 1.60. The molecule has 1 aliphatic heterocycles. The van der Waals surface area contributed by atoms with Crippen molar-refractivity contribution < 1.29 is 5.21 Å². The summed E-state index contributed by atoms with van der Waals surface area (Å²) < 4.78 is 0. The monoisotopic (exact) mass is 215 g/mol. The molecule has 0 amide bonds. The number of rotatable bonds is 2. The second-order valence-electron chi connectivity index (χ2n) is 3.44. The Morgan fingerprint density at radius 3 is 2.69 bits per heavy atom. The predicted molar refractivity (Wildman–Crippen MR) is 63.9 cm³/mol. The molecule has 4 nitrogen and oxygen atoms in total. The van der Waals surface area contributed by atoms with Crippen molar-refractivity contribution in [3.8, 4) is 0 Å². The molecule has 0 aromatic heterocycles. The molecule has 1 aromatic carbocycles. The molecule has 0 saturated carbocycles. The highest BCUT2D eigenvalue weighted by atomic mass is 16.5. The number of aliphatic imine (C=N–C) groups is 1. The lowest BCUT2D eigenvalue weighted by atomic mass is 10.0. The van der Waals surface area contributed by atoms with Crippen LogP contribution in [0.5, 0.6) is 0 Å². The Balaban J connectivity index is 2.47. The third kappa shape index (κ3) is 1.97. The maximum Gasteiger partial charge on any atom is 0.0745 e. The number of benzene rings is 1. The van der Waals surface area contributed by atoms with Gasteiger partial charge in [0, 0.05) is 23.0 Å². The quantitative estimate of drug-likeness (QED) is 0.651. The Labute approximate surface area is 93.8 Å². The van der Waals surface area contributed by atoms with E-state index in [-0.39, 0.29) is 0 Å². The van der Waals surface area contributed by atoms with E-state index in [0.29, 0.717) is 17.9 Å². The van der Waals surface area contributed by atoms with Crippen molar-refractivity contribution in [3.63, 3.8) is 0 Å². The molecule has 1 heterocycles. The van der Waals surface area contributed by atoms with E-state index in [4.69, 9.17) is 5.73 Å². The molecule has 4 N–H and O–H groups in total. The lowest BCUT2D eigenvalue weighted by Crippen LogP contribution is -2.17. The standard InChI is InChI=1S/C12H13N3O/c13-11-6-7-14-8-10(11)12(15-16)9-4-2-1-3-5-9/h1-7,15-16H,8,13H2. The van der Waals surface area contributed by atoms with Gasteiger partial charge in [0.25, 0.3) is 0 Å². The molecule has 0 saturated heterocycles. The maximum atomic E-state index is 9.21.